The van der Waals surface area contributed by atoms with Crippen molar-refractivity contribution >= 4 is 22.4 Å². The smallest absolute Gasteiger partial charge is 0.262 e. The van der Waals surface area contributed by atoms with E-state index in [0.717, 1.165) is 44.5 Å². The molecule has 0 radical (unpaired) electrons. The number of sulfonamides is 1. The lowest BCUT2D eigenvalue weighted by molar-refractivity contribution is 0.425. The highest BCUT2D eigenvalue weighted by atomic mass is 35.5. The van der Waals surface area contributed by atoms with Gasteiger partial charge in [-0.25, -0.2) is 13.4 Å². The van der Waals surface area contributed by atoms with E-state index in [-0.39, 0.29) is 23.5 Å². The highest BCUT2D eigenvalue weighted by Crippen LogP contribution is 2.39. The van der Waals surface area contributed by atoms with Crippen LogP contribution in [0.2, 0.25) is 0 Å². The molecule has 6 nitrogen and oxygen atoms in total. The molecule has 0 spiro atoms. The molecule has 1 aromatic rings. The monoisotopic (exact) mass is 346 g/mol. The van der Waals surface area contributed by atoms with Gasteiger partial charge in [-0.1, -0.05) is 0 Å². The number of hydrogen-bond acceptors (Lipinski definition) is 4. The van der Waals surface area contributed by atoms with Crippen molar-refractivity contribution in [2.45, 2.75) is 49.7 Å². The van der Waals surface area contributed by atoms with Crippen molar-refractivity contribution in [2.75, 3.05) is 13.1 Å². The van der Waals surface area contributed by atoms with Gasteiger partial charge < -0.3 is 10.3 Å². The summed E-state index contributed by atoms with van der Waals surface area (Å²) in [6, 6.07) is 0.158. The third kappa shape index (κ3) is 2.48. The molecule has 1 aliphatic carbocycles. The third-order valence-corrected chi connectivity index (χ3v) is 7.07. The molecule has 2 fully saturated rings. The number of nitrogens with two attached hydrogens (primary N) is 1. The maximum Gasteiger partial charge on any atom is 0.262 e. The molecular formula is C14H23ClN4O2S. The summed E-state index contributed by atoms with van der Waals surface area (Å²) in [7, 11) is -3.45. The predicted molar refractivity (Wildman–Crippen MR) is 85.4 cm³/mol. The maximum absolute atomic E-state index is 12.8. The van der Waals surface area contributed by atoms with E-state index in [4.69, 9.17) is 5.73 Å². The lowest BCUT2D eigenvalue weighted by Gasteiger charge is -2.17. The van der Waals surface area contributed by atoms with Crippen LogP contribution in [0.4, 0.5) is 0 Å². The van der Waals surface area contributed by atoms with E-state index in [1.54, 1.807) is 10.5 Å². The van der Waals surface area contributed by atoms with E-state index < -0.39 is 10.0 Å². The van der Waals surface area contributed by atoms with Crippen molar-refractivity contribution in [3.63, 3.8) is 0 Å². The Balaban J connectivity index is 0.00000144. The van der Waals surface area contributed by atoms with Crippen LogP contribution in [0.5, 0.6) is 0 Å². The highest BCUT2D eigenvalue weighted by molar-refractivity contribution is 7.89. The molecule has 0 aromatic carbocycles. The molecule has 4 rings (SSSR count). The van der Waals surface area contributed by atoms with Gasteiger partial charge in [-0.05, 0) is 37.5 Å². The summed E-state index contributed by atoms with van der Waals surface area (Å²) in [6.07, 6.45) is 6.88. The van der Waals surface area contributed by atoms with Crippen molar-refractivity contribution in [1.29, 1.82) is 0 Å². The molecule has 1 aromatic heterocycles. The Morgan fingerprint density at radius 2 is 2.05 bits per heavy atom. The number of rotatable bonds is 2. The van der Waals surface area contributed by atoms with Crippen molar-refractivity contribution in [3.8, 4) is 0 Å². The summed E-state index contributed by atoms with van der Waals surface area (Å²) < 4.78 is 29.2. The van der Waals surface area contributed by atoms with Crippen LogP contribution in [0, 0.1) is 11.8 Å². The first-order chi connectivity index (χ1) is 10.1. The number of aryl methyl sites for hydroxylation is 2. The lowest BCUT2D eigenvalue weighted by atomic mass is 9.98. The minimum Gasteiger partial charge on any atom is -0.333 e. The van der Waals surface area contributed by atoms with Crippen molar-refractivity contribution < 1.29 is 8.42 Å². The van der Waals surface area contributed by atoms with Crippen molar-refractivity contribution in [2.24, 2.45) is 17.6 Å². The average molecular weight is 347 g/mol. The van der Waals surface area contributed by atoms with Crippen LogP contribution in [0.3, 0.4) is 0 Å². The van der Waals surface area contributed by atoms with Gasteiger partial charge in [0, 0.05) is 38.3 Å². The van der Waals surface area contributed by atoms with Gasteiger partial charge in [-0.15, -0.1) is 12.4 Å². The number of fused-ring (bicyclic) bond motifs is 2. The summed E-state index contributed by atoms with van der Waals surface area (Å²) in [5.41, 5.74) is 6.10. The van der Waals surface area contributed by atoms with E-state index in [9.17, 15) is 8.42 Å². The molecule has 8 heteroatoms. The van der Waals surface area contributed by atoms with Gasteiger partial charge in [0.25, 0.3) is 10.0 Å². The topological polar surface area (TPSA) is 81.2 Å². The van der Waals surface area contributed by atoms with Gasteiger partial charge in [0.2, 0.25) is 0 Å². The number of imidazole rings is 1. The van der Waals surface area contributed by atoms with Gasteiger partial charge in [-0.3, -0.25) is 0 Å². The zero-order valence-electron chi connectivity index (χ0n) is 12.5. The summed E-state index contributed by atoms with van der Waals surface area (Å²) in [4.78, 5) is 4.38. The predicted octanol–water partition coefficient (Wildman–Crippen LogP) is 0.999. The van der Waals surface area contributed by atoms with Crippen LogP contribution in [0.1, 0.15) is 31.5 Å². The zero-order chi connectivity index (χ0) is 14.6. The molecule has 22 heavy (non-hydrogen) atoms. The minimum atomic E-state index is -3.45. The number of halogens is 1. The number of nitrogens with zero attached hydrogens (tertiary/aromatic N) is 3. The van der Waals surface area contributed by atoms with Gasteiger partial charge in [-0.2, -0.15) is 4.31 Å². The van der Waals surface area contributed by atoms with Gasteiger partial charge in [0.15, 0.2) is 5.03 Å². The highest BCUT2D eigenvalue weighted by Gasteiger charge is 2.45. The first kappa shape index (κ1) is 16.2. The fraction of sp³-hybridized carbons (Fsp3) is 0.786. The summed E-state index contributed by atoms with van der Waals surface area (Å²) in [6.45, 7) is 2.06. The van der Waals surface area contributed by atoms with Crippen LogP contribution >= 0.6 is 12.4 Å². The molecule has 3 atom stereocenters. The van der Waals surface area contributed by atoms with Crippen molar-refractivity contribution in [3.05, 3.63) is 12.0 Å². The second-order valence-corrected chi connectivity index (χ2v) is 8.52. The Labute approximate surface area is 137 Å². The van der Waals surface area contributed by atoms with Crippen LogP contribution in [0.15, 0.2) is 11.2 Å². The Kier molecular flexibility index (Phi) is 4.26. The first-order valence-corrected chi connectivity index (χ1v) is 9.31. The molecule has 0 bridgehead atoms. The second kappa shape index (κ2) is 5.78. The van der Waals surface area contributed by atoms with E-state index in [0.29, 0.717) is 24.9 Å². The Bertz CT molecular complexity index is 636. The standard InChI is InChI=1S/C14H22N4O2S.ClH/c15-12-5-4-10-7-18(8-11(10)12)21(19,20)14-9-17-6-2-1-3-13(17)16-14;/h9-12H,1-8,15H2;1H. The molecule has 1 saturated carbocycles. The Morgan fingerprint density at radius 3 is 2.77 bits per heavy atom. The molecule has 2 aliphatic heterocycles. The molecule has 2 N–H and O–H groups in total. The molecule has 1 saturated heterocycles. The third-order valence-electron chi connectivity index (χ3n) is 5.37. The number of hydrogen-bond donors (Lipinski definition) is 1. The molecule has 124 valence electrons. The van der Waals surface area contributed by atoms with E-state index >= 15 is 0 Å². The summed E-state index contributed by atoms with van der Waals surface area (Å²) >= 11 is 0. The lowest BCUT2D eigenvalue weighted by Crippen LogP contribution is -2.33. The molecule has 3 unspecified atom stereocenters. The molecular weight excluding hydrogens is 324 g/mol. The van der Waals surface area contributed by atoms with Gasteiger partial charge in [0.05, 0.1) is 0 Å². The largest absolute Gasteiger partial charge is 0.333 e. The van der Waals surface area contributed by atoms with E-state index in [2.05, 4.69) is 4.98 Å². The molecule has 0 amide bonds. The SMILES string of the molecule is Cl.NC1CCC2CN(S(=O)(=O)c3cn4c(n3)CCCC4)CC12. The number of aromatic nitrogens is 2. The maximum atomic E-state index is 12.8. The van der Waals surface area contributed by atoms with Crippen LogP contribution < -0.4 is 5.73 Å². The van der Waals surface area contributed by atoms with E-state index in [1.807, 2.05) is 4.57 Å². The zero-order valence-corrected chi connectivity index (χ0v) is 14.2. The summed E-state index contributed by atoms with van der Waals surface area (Å²) in [5.74, 6) is 1.68. The first-order valence-electron chi connectivity index (χ1n) is 7.87. The van der Waals surface area contributed by atoms with Crippen molar-refractivity contribution in [1.82, 2.24) is 13.9 Å². The van der Waals surface area contributed by atoms with Crippen LogP contribution in [-0.2, 0) is 23.0 Å². The fourth-order valence-corrected chi connectivity index (χ4v) is 5.61. The summed E-state index contributed by atoms with van der Waals surface area (Å²) in [5, 5.41) is 0.230. The molecule has 3 aliphatic rings. The van der Waals surface area contributed by atoms with Crippen LogP contribution in [-0.4, -0.2) is 41.4 Å². The van der Waals surface area contributed by atoms with Gasteiger partial charge in [0.1, 0.15) is 5.82 Å². The van der Waals surface area contributed by atoms with E-state index in [1.165, 1.54) is 0 Å². The fourth-order valence-electron chi connectivity index (χ4n) is 4.11. The van der Waals surface area contributed by atoms with Gasteiger partial charge >= 0.3 is 0 Å². The minimum absolute atomic E-state index is 0. The average Bonchev–Trinajstić information content (AvgIpc) is 3.14. The normalized spacial score (nSPS) is 31.6. The quantitative estimate of drug-likeness (QED) is 0.866. The second-order valence-electron chi connectivity index (χ2n) is 6.63. The Morgan fingerprint density at radius 1 is 1.23 bits per heavy atom. The Hall–Kier alpha value is -0.630. The molecule has 3 heterocycles. The van der Waals surface area contributed by atoms with Crippen LogP contribution in [0.25, 0.3) is 0 Å².